The molecule has 0 saturated heterocycles. The average molecular weight is 400 g/mol. The van der Waals surface area contributed by atoms with Crippen LogP contribution in [0, 0.1) is 0 Å². The van der Waals surface area contributed by atoms with Crippen LogP contribution in [0.15, 0.2) is 52.8 Å². The number of thioether (sulfide) groups is 1. The van der Waals surface area contributed by atoms with Crippen molar-refractivity contribution in [2.75, 3.05) is 23.8 Å². The number of carbonyl (C=O) groups is 2. The van der Waals surface area contributed by atoms with Crippen molar-refractivity contribution in [2.45, 2.75) is 18.1 Å². The summed E-state index contributed by atoms with van der Waals surface area (Å²) in [6.45, 7) is 1.94. The summed E-state index contributed by atoms with van der Waals surface area (Å²) in [5.74, 6) is 0.207. The number of anilines is 2. The van der Waals surface area contributed by atoms with Crippen molar-refractivity contribution in [2.24, 2.45) is 0 Å². The first-order valence-corrected chi connectivity index (χ1v) is 9.52. The van der Waals surface area contributed by atoms with Crippen LogP contribution in [0.5, 0.6) is 0 Å². The van der Waals surface area contributed by atoms with E-state index >= 15 is 0 Å². The van der Waals surface area contributed by atoms with E-state index in [9.17, 15) is 9.59 Å². The summed E-state index contributed by atoms with van der Waals surface area (Å²) < 4.78 is 5.22. The molecule has 1 aliphatic rings. The molecule has 0 aliphatic carbocycles. The zero-order valence-electron chi connectivity index (χ0n) is 15.1. The second-order valence-corrected chi connectivity index (χ2v) is 6.79. The summed E-state index contributed by atoms with van der Waals surface area (Å²) >= 11 is 1.20. The van der Waals surface area contributed by atoms with Crippen molar-refractivity contribution in [3.63, 3.8) is 0 Å². The Morgan fingerprint density at radius 3 is 2.54 bits per heavy atom. The van der Waals surface area contributed by atoms with E-state index < -0.39 is 18.0 Å². The largest absolute Gasteiger partial charge is 0.463 e. The summed E-state index contributed by atoms with van der Waals surface area (Å²) in [5, 5.41) is 5.82. The Bertz CT molecular complexity index is 899. The van der Waals surface area contributed by atoms with Crippen LogP contribution < -0.4 is 22.1 Å². The van der Waals surface area contributed by atoms with E-state index in [1.165, 1.54) is 17.8 Å². The second-order valence-electron chi connectivity index (χ2n) is 5.84. The fourth-order valence-corrected chi connectivity index (χ4v) is 3.58. The van der Waals surface area contributed by atoms with Gasteiger partial charge in [-0.2, -0.15) is 0 Å². The maximum Gasteiger partial charge on any atom is 0.338 e. The van der Waals surface area contributed by atoms with Gasteiger partial charge in [-0.1, -0.05) is 42.1 Å². The number of nitrogens with two attached hydrogens (primary N) is 2. The molecule has 2 heterocycles. The Kier molecular flexibility index (Phi) is 5.99. The van der Waals surface area contributed by atoms with Gasteiger partial charge in [0.1, 0.15) is 11.6 Å². The maximum atomic E-state index is 12.7. The summed E-state index contributed by atoms with van der Waals surface area (Å²) in [7, 11) is 0. The molecule has 9 nitrogen and oxygen atoms in total. The lowest BCUT2D eigenvalue weighted by molar-refractivity contribution is -0.139. The van der Waals surface area contributed by atoms with Crippen molar-refractivity contribution in [1.29, 1.82) is 0 Å². The van der Waals surface area contributed by atoms with Gasteiger partial charge in [-0.05, 0) is 12.5 Å². The molecule has 146 valence electrons. The Morgan fingerprint density at radius 2 is 1.89 bits per heavy atom. The van der Waals surface area contributed by atoms with Crippen LogP contribution in [0.2, 0.25) is 0 Å². The highest BCUT2D eigenvalue weighted by atomic mass is 32.2. The molecular weight excluding hydrogens is 380 g/mol. The number of nitrogen functional groups attached to an aromatic ring is 2. The molecule has 0 spiro atoms. The van der Waals surface area contributed by atoms with Gasteiger partial charge >= 0.3 is 12.0 Å². The lowest BCUT2D eigenvalue weighted by Crippen LogP contribution is -2.46. The van der Waals surface area contributed by atoms with E-state index in [1.807, 2.05) is 30.3 Å². The lowest BCUT2D eigenvalue weighted by Gasteiger charge is -2.29. The van der Waals surface area contributed by atoms with Gasteiger partial charge in [0.15, 0.2) is 5.16 Å². The number of hydrogen-bond acceptors (Lipinski definition) is 8. The van der Waals surface area contributed by atoms with Crippen molar-refractivity contribution in [3.05, 3.63) is 53.2 Å². The number of amides is 2. The molecule has 0 unspecified atom stereocenters. The van der Waals surface area contributed by atoms with E-state index in [4.69, 9.17) is 16.2 Å². The molecule has 0 bridgehead atoms. The second kappa shape index (κ2) is 8.61. The molecule has 2 amide bonds. The average Bonchev–Trinajstić information content (AvgIpc) is 2.66. The van der Waals surface area contributed by atoms with E-state index in [0.717, 1.165) is 5.56 Å². The smallest absolute Gasteiger partial charge is 0.338 e. The number of hydrogen-bond donors (Lipinski definition) is 4. The summed E-state index contributed by atoms with van der Waals surface area (Å²) in [4.78, 5) is 33.1. The molecule has 1 atom stereocenters. The first-order chi connectivity index (χ1) is 13.5. The van der Waals surface area contributed by atoms with Crippen LogP contribution in [-0.2, 0) is 9.53 Å². The summed E-state index contributed by atoms with van der Waals surface area (Å²) in [5.41, 5.74) is 12.9. The van der Waals surface area contributed by atoms with Crippen LogP contribution in [0.1, 0.15) is 18.5 Å². The third-order valence-corrected chi connectivity index (χ3v) is 4.75. The van der Waals surface area contributed by atoms with Crippen molar-refractivity contribution >= 4 is 35.4 Å². The molecule has 1 aromatic heterocycles. The molecule has 3 rings (SSSR count). The van der Waals surface area contributed by atoms with E-state index in [0.29, 0.717) is 16.4 Å². The predicted molar refractivity (Wildman–Crippen MR) is 106 cm³/mol. The van der Waals surface area contributed by atoms with Crippen LogP contribution in [0.4, 0.5) is 16.4 Å². The number of benzene rings is 1. The van der Waals surface area contributed by atoms with Crippen molar-refractivity contribution in [1.82, 2.24) is 20.6 Å². The summed E-state index contributed by atoms with van der Waals surface area (Å²) in [6.07, 6.45) is 0. The number of nitrogens with one attached hydrogen (secondary N) is 2. The van der Waals surface area contributed by atoms with Gasteiger partial charge in [0.25, 0.3) is 0 Å². The normalized spacial score (nSPS) is 16.3. The van der Waals surface area contributed by atoms with E-state index in [-0.39, 0.29) is 24.0 Å². The minimum atomic E-state index is -0.628. The fraction of sp³-hybridized carbons (Fsp3) is 0.222. The van der Waals surface area contributed by atoms with Crippen molar-refractivity contribution < 1.29 is 14.3 Å². The third kappa shape index (κ3) is 4.52. The third-order valence-electron chi connectivity index (χ3n) is 3.87. The van der Waals surface area contributed by atoms with Gasteiger partial charge < -0.3 is 26.8 Å². The van der Waals surface area contributed by atoms with Gasteiger partial charge in [0.05, 0.1) is 18.2 Å². The van der Waals surface area contributed by atoms with E-state index in [1.54, 1.807) is 6.92 Å². The number of aromatic nitrogens is 2. The molecule has 1 aromatic carbocycles. The minimum absolute atomic E-state index is 0.215. The highest BCUT2D eigenvalue weighted by molar-refractivity contribution is 7.99. The van der Waals surface area contributed by atoms with Crippen molar-refractivity contribution in [3.8, 4) is 0 Å². The Hall–Kier alpha value is -3.27. The Balaban J connectivity index is 1.96. The highest BCUT2D eigenvalue weighted by Crippen LogP contribution is 2.30. The number of ether oxygens (including phenoxy) is 1. The molecule has 10 heteroatoms. The number of carbonyl (C=O) groups excluding carboxylic acids is 2. The van der Waals surface area contributed by atoms with Gasteiger partial charge in [-0.15, -0.1) is 0 Å². The lowest BCUT2D eigenvalue weighted by atomic mass is 9.95. The van der Waals surface area contributed by atoms with Gasteiger partial charge in [-0.25, -0.2) is 19.6 Å². The topological polar surface area (TPSA) is 145 Å². The molecular formula is C18H20N6O3S. The zero-order valence-corrected chi connectivity index (χ0v) is 16.0. The standard InChI is InChI=1S/C18H20N6O3S/c1-2-27-16(25)14-11(9-28-18-22-12(19)8-13(20)23-18)21-17(26)24-15(14)10-6-4-3-5-7-10/h3-8,15H,2,9H2,1H3,(H2,21,24,26)(H4,19,20,22,23)/t15-/m0/s1. The zero-order chi connectivity index (χ0) is 20.1. The monoisotopic (exact) mass is 400 g/mol. The molecule has 0 saturated carbocycles. The Labute approximate surface area is 165 Å². The number of nitrogens with zero attached hydrogens (tertiary/aromatic N) is 2. The fourth-order valence-electron chi connectivity index (χ4n) is 2.74. The minimum Gasteiger partial charge on any atom is -0.463 e. The molecule has 0 fully saturated rings. The van der Waals surface area contributed by atoms with Gasteiger partial charge in [0, 0.05) is 17.5 Å². The number of esters is 1. The first kappa shape index (κ1) is 19.5. The molecule has 6 N–H and O–H groups in total. The van der Waals surface area contributed by atoms with Crippen LogP contribution in [-0.4, -0.2) is 34.3 Å². The Morgan fingerprint density at radius 1 is 1.21 bits per heavy atom. The highest BCUT2D eigenvalue weighted by Gasteiger charge is 2.33. The van der Waals surface area contributed by atoms with Gasteiger partial charge in [-0.3, -0.25) is 0 Å². The van der Waals surface area contributed by atoms with Crippen LogP contribution in [0.25, 0.3) is 0 Å². The molecule has 1 aliphatic heterocycles. The van der Waals surface area contributed by atoms with Crippen LogP contribution in [0.3, 0.4) is 0 Å². The van der Waals surface area contributed by atoms with Gasteiger partial charge in [0.2, 0.25) is 0 Å². The maximum absolute atomic E-state index is 12.7. The number of urea groups is 1. The number of rotatable bonds is 6. The molecule has 0 radical (unpaired) electrons. The predicted octanol–water partition coefficient (Wildman–Crippen LogP) is 1.60. The summed E-state index contributed by atoms with van der Waals surface area (Å²) in [6, 6.07) is 9.61. The van der Waals surface area contributed by atoms with E-state index in [2.05, 4.69) is 20.6 Å². The first-order valence-electron chi connectivity index (χ1n) is 8.53. The van der Waals surface area contributed by atoms with Crippen LogP contribution >= 0.6 is 11.8 Å². The quantitative estimate of drug-likeness (QED) is 0.325. The molecule has 28 heavy (non-hydrogen) atoms. The molecule has 2 aromatic rings. The SMILES string of the molecule is CCOC(=O)C1=C(CSc2nc(N)cc(N)n2)NC(=O)N[C@H]1c1ccccc1.